The van der Waals surface area contributed by atoms with Gasteiger partial charge in [0.1, 0.15) is 0 Å². The van der Waals surface area contributed by atoms with E-state index in [1.54, 1.807) is 36.4 Å². The van der Waals surface area contributed by atoms with Crippen LogP contribution in [-0.2, 0) is 10.0 Å². The van der Waals surface area contributed by atoms with Gasteiger partial charge in [-0.25, -0.2) is 8.42 Å². The molecule has 3 aromatic carbocycles. The summed E-state index contributed by atoms with van der Waals surface area (Å²) in [6, 6.07) is 25.6. The second-order valence-corrected chi connectivity index (χ2v) is 7.88. The van der Waals surface area contributed by atoms with Gasteiger partial charge in [-0.3, -0.25) is 4.72 Å². The standard InChI is InChI=1S/C19H16BrNO2S/c20-19(15-9-3-1-4-10-15)17-13-7-8-14-18(17)21-24(22,23)16-11-5-2-6-12-16/h1-14,19,21H. The zero-order valence-electron chi connectivity index (χ0n) is 12.8. The maximum absolute atomic E-state index is 12.6. The maximum Gasteiger partial charge on any atom is 0.261 e. The summed E-state index contributed by atoms with van der Waals surface area (Å²) in [5, 5.41) is 0. The molecular formula is C19H16BrNO2S. The van der Waals surface area contributed by atoms with Crippen LogP contribution in [0.3, 0.4) is 0 Å². The van der Waals surface area contributed by atoms with Gasteiger partial charge in [-0.1, -0.05) is 82.7 Å². The van der Waals surface area contributed by atoms with Gasteiger partial charge in [-0.05, 0) is 29.3 Å². The molecule has 0 spiro atoms. The van der Waals surface area contributed by atoms with E-state index in [0.29, 0.717) is 5.69 Å². The van der Waals surface area contributed by atoms with Crippen LogP contribution in [0.25, 0.3) is 0 Å². The zero-order valence-corrected chi connectivity index (χ0v) is 15.2. The van der Waals surface area contributed by atoms with E-state index in [4.69, 9.17) is 0 Å². The highest BCUT2D eigenvalue weighted by molar-refractivity contribution is 9.09. The van der Waals surface area contributed by atoms with Crippen LogP contribution >= 0.6 is 15.9 Å². The first-order valence-corrected chi connectivity index (χ1v) is 9.83. The molecule has 0 bridgehead atoms. The second kappa shape index (κ2) is 7.20. The third-order valence-corrected chi connectivity index (χ3v) is 6.03. The molecule has 0 saturated carbocycles. The van der Waals surface area contributed by atoms with Crippen LogP contribution in [0.15, 0.2) is 89.8 Å². The number of hydrogen-bond donors (Lipinski definition) is 1. The fourth-order valence-electron chi connectivity index (χ4n) is 2.42. The summed E-state index contributed by atoms with van der Waals surface area (Å²) in [5.74, 6) is 0. The molecule has 0 aliphatic rings. The molecular weight excluding hydrogens is 386 g/mol. The first-order valence-electron chi connectivity index (χ1n) is 7.44. The molecule has 3 rings (SSSR count). The van der Waals surface area contributed by atoms with Gasteiger partial charge in [0.15, 0.2) is 0 Å². The Morgan fingerprint density at radius 3 is 1.96 bits per heavy atom. The van der Waals surface area contributed by atoms with E-state index in [-0.39, 0.29) is 9.72 Å². The Morgan fingerprint density at radius 2 is 1.29 bits per heavy atom. The molecule has 0 heterocycles. The van der Waals surface area contributed by atoms with Gasteiger partial charge in [0.05, 0.1) is 15.4 Å². The van der Waals surface area contributed by atoms with Gasteiger partial charge in [0, 0.05) is 0 Å². The normalized spacial score (nSPS) is 12.5. The van der Waals surface area contributed by atoms with Crippen LogP contribution in [0.4, 0.5) is 5.69 Å². The maximum atomic E-state index is 12.6. The molecule has 0 aliphatic carbocycles. The highest BCUT2D eigenvalue weighted by Gasteiger charge is 2.19. The summed E-state index contributed by atoms with van der Waals surface area (Å²) in [6.45, 7) is 0. The summed E-state index contributed by atoms with van der Waals surface area (Å²) in [5.41, 5.74) is 2.49. The van der Waals surface area contributed by atoms with Crippen LogP contribution < -0.4 is 4.72 Å². The number of benzene rings is 3. The molecule has 122 valence electrons. The first kappa shape index (κ1) is 16.7. The predicted molar refractivity (Wildman–Crippen MR) is 101 cm³/mol. The molecule has 0 aliphatic heterocycles. The molecule has 1 N–H and O–H groups in total. The van der Waals surface area contributed by atoms with Crippen molar-refractivity contribution in [1.29, 1.82) is 0 Å². The average molecular weight is 402 g/mol. The van der Waals surface area contributed by atoms with Gasteiger partial charge in [0.2, 0.25) is 0 Å². The van der Waals surface area contributed by atoms with Crippen molar-refractivity contribution in [3.63, 3.8) is 0 Å². The number of nitrogens with one attached hydrogen (secondary N) is 1. The van der Waals surface area contributed by atoms with Gasteiger partial charge in [-0.15, -0.1) is 0 Å². The molecule has 0 fully saturated rings. The SMILES string of the molecule is O=S(=O)(Nc1ccccc1C(Br)c1ccccc1)c1ccccc1. The molecule has 0 radical (unpaired) electrons. The van der Waals surface area contributed by atoms with E-state index < -0.39 is 10.0 Å². The number of anilines is 1. The fourth-order valence-corrected chi connectivity index (χ4v) is 4.23. The van der Waals surface area contributed by atoms with Crippen molar-refractivity contribution in [2.24, 2.45) is 0 Å². The number of alkyl halides is 1. The Bertz CT molecular complexity index is 912. The minimum Gasteiger partial charge on any atom is -0.279 e. The molecule has 0 amide bonds. The predicted octanol–water partition coefficient (Wildman–Crippen LogP) is 4.97. The summed E-state index contributed by atoms with van der Waals surface area (Å²) in [6.07, 6.45) is 0. The third kappa shape index (κ3) is 3.68. The van der Waals surface area contributed by atoms with Crippen molar-refractivity contribution in [3.8, 4) is 0 Å². The molecule has 1 unspecified atom stereocenters. The zero-order chi connectivity index (χ0) is 17.0. The van der Waals surface area contributed by atoms with Crippen molar-refractivity contribution >= 4 is 31.6 Å². The molecule has 3 aromatic rings. The van der Waals surface area contributed by atoms with E-state index in [1.807, 2.05) is 48.5 Å². The molecule has 24 heavy (non-hydrogen) atoms. The van der Waals surface area contributed by atoms with E-state index in [1.165, 1.54) is 0 Å². The van der Waals surface area contributed by atoms with Gasteiger partial charge in [0.25, 0.3) is 10.0 Å². The van der Waals surface area contributed by atoms with Crippen molar-refractivity contribution in [1.82, 2.24) is 0 Å². The molecule has 5 heteroatoms. The topological polar surface area (TPSA) is 46.2 Å². The summed E-state index contributed by atoms with van der Waals surface area (Å²) < 4.78 is 27.9. The Hall–Kier alpha value is -2.11. The lowest BCUT2D eigenvalue weighted by Crippen LogP contribution is -2.14. The van der Waals surface area contributed by atoms with Crippen molar-refractivity contribution < 1.29 is 8.42 Å². The molecule has 0 saturated heterocycles. The number of para-hydroxylation sites is 1. The lowest BCUT2D eigenvalue weighted by Gasteiger charge is -2.17. The Labute approximate surface area is 150 Å². The van der Waals surface area contributed by atoms with Gasteiger partial charge >= 0.3 is 0 Å². The number of rotatable bonds is 5. The van der Waals surface area contributed by atoms with Gasteiger partial charge < -0.3 is 0 Å². The molecule has 1 atom stereocenters. The first-order chi connectivity index (χ1) is 11.6. The van der Waals surface area contributed by atoms with Crippen LogP contribution in [-0.4, -0.2) is 8.42 Å². The van der Waals surface area contributed by atoms with Crippen molar-refractivity contribution in [3.05, 3.63) is 96.1 Å². The lowest BCUT2D eigenvalue weighted by molar-refractivity contribution is 0.601. The van der Waals surface area contributed by atoms with Crippen molar-refractivity contribution in [2.75, 3.05) is 4.72 Å². The van der Waals surface area contributed by atoms with E-state index >= 15 is 0 Å². The lowest BCUT2D eigenvalue weighted by atomic mass is 10.0. The largest absolute Gasteiger partial charge is 0.279 e. The van der Waals surface area contributed by atoms with Crippen LogP contribution in [0.2, 0.25) is 0 Å². The number of halogens is 1. The second-order valence-electron chi connectivity index (χ2n) is 5.28. The number of hydrogen-bond acceptors (Lipinski definition) is 2. The van der Waals surface area contributed by atoms with E-state index in [9.17, 15) is 8.42 Å². The Kier molecular flexibility index (Phi) is 5.02. The minimum absolute atomic E-state index is 0.103. The van der Waals surface area contributed by atoms with Crippen LogP contribution in [0, 0.1) is 0 Å². The minimum atomic E-state index is -3.62. The van der Waals surface area contributed by atoms with Crippen LogP contribution in [0.5, 0.6) is 0 Å². The third-order valence-electron chi connectivity index (χ3n) is 3.62. The Balaban J connectivity index is 1.96. The van der Waals surface area contributed by atoms with Crippen LogP contribution in [0.1, 0.15) is 16.0 Å². The van der Waals surface area contributed by atoms with E-state index in [0.717, 1.165) is 11.1 Å². The highest BCUT2D eigenvalue weighted by Crippen LogP contribution is 2.35. The summed E-state index contributed by atoms with van der Waals surface area (Å²) in [4.78, 5) is 0.138. The smallest absolute Gasteiger partial charge is 0.261 e. The molecule has 0 aromatic heterocycles. The summed E-state index contributed by atoms with van der Waals surface area (Å²) in [7, 11) is -3.62. The fraction of sp³-hybridized carbons (Fsp3) is 0.0526. The monoisotopic (exact) mass is 401 g/mol. The highest BCUT2D eigenvalue weighted by atomic mass is 79.9. The number of sulfonamides is 1. The summed E-state index contributed by atoms with van der Waals surface area (Å²) >= 11 is 3.67. The average Bonchev–Trinajstić information content (AvgIpc) is 2.63. The quantitative estimate of drug-likeness (QED) is 0.613. The van der Waals surface area contributed by atoms with Crippen molar-refractivity contribution in [2.45, 2.75) is 9.72 Å². The molecule has 3 nitrogen and oxygen atoms in total. The van der Waals surface area contributed by atoms with E-state index in [2.05, 4.69) is 20.7 Å². The van der Waals surface area contributed by atoms with Gasteiger partial charge in [-0.2, -0.15) is 0 Å². The Morgan fingerprint density at radius 1 is 0.750 bits per heavy atom.